The number of amides is 2. The van der Waals surface area contributed by atoms with E-state index in [1.807, 2.05) is 6.07 Å². The number of imide groups is 1. The van der Waals surface area contributed by atoms with Gasteiger partial charge in [-0.05, 0) is 61.1 Å². The molecule has 0 radical (unpaired) electrons. The summed E-state index contributed by atoms with van der Waals surface area (Å²) < 4.78 is 5.13. The molecule has 0 unspecified atom stereocenters. The first kappa shape index (κ1) is 19.5. The molecule has 0 bridgehead atoms. The third kappa shape index (κ3) is 3.73. The van der Waals surface area contributed by atoms with Crippen LogP contribution >= 0.6 is 11.8 Å². The van der Waals surface area contributed by atoms with Gasteiger partial charge < -0.3 is 4.74 Å². The van der Waals surface area contributed by atoms with Crippen LogP contribution in [0.1, 0.15) is 36.6 Å². The van der Waals surface area contributed by atoms with E-state index in [1.54, 1.807) is 31.4 Å². The molecule has 2 aliphatic rings. The summed E-state index contributed by atoms with van der Waals surface area (Å²) in [4.78, 5) is 31.4. The molecule has 1 aliphatic heterocycles. The van der Waals surface area contributed by atoms with E-state index in [4.69, 9.17) is 9.72 Å². The Labute approximate surface area is 173 Å². The van der Waals surface area contributed by atoms with Crippen molar-refractivity contribution in [1.29, 1.82) is 5.26 Å². The molecule has 1 saturated heterocycles. The topological polar surface area (TPSA) is 83.3 Å². The molecule has 0 saturated carbocycles. The number of carbonyl (C=O) groups is 2. The summed E-state index contributed by atoms with van der Waals surface area (Å²) in [7, 11) is 1.56. The van der Waals surface area contributed by atoms with Crippen LogP contribution in [-0.4, -0.2) is 29.2 Å². The SMILES string of the molecule is COc1ccc(N2C(=O)C[C@@H](Sc3nc4c(cc3C#N)C[C@@H](C)CC4)C2=O)cc1. The van der Waals surface area contributed by atoms with E-state index < -0.39 is 5.25 Å². The van der Waals surface area contributed by atoms with Gasteiger partial charge in [0.25, 0.3) is 0 Å². The minimum absolute atomic E-state index is 0.0934. The lowest BCUT2D eigenvalue weighted by molar-refractivity contribution is -0.121. The zero-order valence-electron chi connectivity index (χ0n) is 16.3. The average molecular weight is 407 g/mol. The van der Waals surface area contributed by atoms with Crippen molar-refractivity contribution in [3.05, 3.63) is 47.2 Å². The normalized spacial score (nSPS) is 21.1. The maximum atomic E-state index is 12.9. The number of anilines is 1. The van der Waals surface area contributed by atoms with Crippen molar-refractivity contribution in [2.45, 2.75) is 42.9 Å². The summed E-state index contributed by atoms with van der Waals surface area (Å²) in [5, 5.41) is 9.55. The molecule has 2 amide bonds. The molecule has 1 aromatic carbocycles. The van der Waals surface area contributed by atoms with Crippen LogP contribution in [0, 0.1) is 17.2 Å². The lowest BCUT2D eigenvalue weighted by atomic mass is 9.87. The number of hydrogen-bond acceptors (Lipinski definition) is 6. The van der Waals surface area contributed by atoms with E-state index in [9.17, 15) is 14.9 Å². The van der Waals surface area contributed by atoms with Gasteiger partial charge in [-0.2, -0.15) is 5.26 Å². The van der Waals surface area contributed by atoms with E-state index >= 15 is 0 Å². The van der Waals surface area contributed by atoms with Gasteiger partial charge in [-0.3, -0.25) is 9.59 Å². The molecule has 2 atom stereocenters. The first-order valence-corrected chi connectivity index (χ1v) is 10.5. The van der Waals surface area contributed by atoms with Crippen LogP contribution in [0.25, 0.3) is 0 Å². The third-order valence-electron chi connectivity index (χ3n) is 5.41. The highest BCUT2D eigenvalue weighted by Crippen LogP contribution is 2.36. The number of aromatic nitrogens is 1. The predicted octanol–water partition coefficient (Wildman–Crippen LogP) is 3.51. The van der Waals surface area contributed by atoms with Crippen molar-refractivity contribution in [2.24, 2.45) is 5.92 Å². The smallest absolute Gasteiger partial charge is 0.247 e. The van der Waals surface area contributed by atoms with Gasteiger partial charge in [-0.25, -0.2) is 9.88 Å². The minimum atomic E-state index is -0.579. The fourth-order valence-corrected chi connectivity index (χ4v) is 4.93. The van der Waals surface area contributed by atoms with Gasteiger partial charge in [-0.1, -0.05) is 18.7 Å². The molecule has 1 aliphatic carbocycles. The molecule has 148 valence electrons. The molecule has 6 nitrogen and oxygen atoms in total. The monoisotopic (exact) mass is 407 g/mol. The number of fused-ring (bicyclic) bond motifs is 1. The van der Waals surface area contributed by atoms with Gasteiger partial charge in [0.15, 0.2) is 0 Å². The zero-order chi connectivity index (χ0) is 20.5. The summed E-state index contributed by atoms with van der Waals surface area (Å²) in [6.45, 7) is 2.20. The average Bonchev–Trinajstić information content (AvgIpc) is 3.00. The number of thioether (sulfide) groups is 1. The molecular weight excluding hydrogens is 386 g/mol. The van der Waals surface area contributed by atoms with Crippen molar-refractivity contribution in [3.63, 3.8) is 0 Å². The van der Waals surface area contributed by atoms with Gasteiger partial charge in [-0.15, -0.1) is 0 Å². The molecule has 29 heavy (non-hydrogen) atoms. The molecule has 0 N–H and O–H groups in total. The van der Waals surface area contributed by atoms with Gasteiger partial charge in [0.1, 0.15) is 16.8 Å². The van der Waals surface area contributed by atoms with E-state index in [1.165, 1.54) is 16.7 Å². The van der Waals surface area contributed by atoms with Gasteiger partial charge >= 0.3 is 0 Å². The second-order valence-electron chi connectivity index (χ2n) is 7.48. The van der Waals surface area contributed by atoms with Gasteiger partial charge in [0, 0.05) is 12.1 Å². The number of pyridine rings is 1. The molecule has 1 fully saturated rings. The molecule has 7 heteroatoms. The number of carbonyl (C=O) groups excluding carboxylic acids is 2. The van der Waals surface area contributed by atoms with Crippen molar-refractivity contribution < 1.29 is 14.3 Å². The Morgan fingerprint density at radius 2 is 2.00 bits per heavy atom. The third-order valence-corrected chi connectivity index (χ3v) is 6.60. The lowest BCUT2D eigenvalue weighted by Crippen LogP contribution is -2.31. The Balaban J connectivity index is 1.58. The Morgan fingerprint density at radius 3 is 2.69 bits per heavy atom. The fourth-order valence-electron chi connectivity index (χ4n) is 3.83. The Morgan fingerprint density at radius 1 is 1.24 bits per heavy atom. The summed E-state index contributed by atoms with van der Waals surface area (Å²) in [5.41, 5.74) is 3.13. The number of rotatable bonds is 4. The van der Waals surface area contributed by atoms with Crippen molar-refractivity contribution in [2.75, 3.05) is 12.0 Å². The van der Waals surface area contributed by atoms with Crippen LogP contribution in [0.2, 0.25) is 0 Å². The number of nitriles is 1. The standard InChI is InChI=1S/C22H21N3O3S/c1-13-3-8-18-14(9-13)10-15(12-23)21(24-18)29-19-11-20(26)25(22(19)27)16-4-6-17(28-2)7-5-16/h4-7,10,13,19H,3,8-9,11H2,1-2H3/t13-,19+/m0/s1. The van der Waals surface area contributed by atoms with Crippen LogP contribution in [0.15, 0.2) is 35.4 Å². The summed E-state index contributed by atoms with van der Waals surface area (Å²) in [6.07, 6.45) is 2.97. The zero-order valence-corrected chi connectivity index (χ0v) is 17.2. The maximum Gasteiger partial charge on any atom is 0.247 e. The van der Waals surface area contributed by atoms with Crippen LogP contribution in [0.3, 0.4) is 0 Å². The number of nitrogens with zero attached hydrogens (tertiary/aromatic N) is 3. The minimum Gasteiger partial charge on any atom is -0.497 e. The van der Waals surface area contributed by atoms with Crippen LogP contribution < -0.4 is 9.64 Å². The quantitative estimate of drug-likeness (QED) is 0.721. The van der Waals surface area contributed by atoms with E-state index in [-0.39, 0.29) is 18.2 Å². The first-order valence-electron chi connectivity index (χ1n) is 9.60. The van der Waals surface area contributed by atoms with Crippen LogP contribution in [-0.2, 0) is 22.4 Å². The molecular formula is C22H21N3O3S. The summed E-state index contributed by atoms with van der Waals surface area (Å²) >= 11 is 1.22. The summed E-state index contributed by atoms with van der Waals surface area (Å²) in [5.74, 6) is 0.719. The number of aryl methyl sites for hydroxylation is 1. The number of ether oxygens (including phenoxy) is 1. The predicted molar refractivity (Wildman–Crippen MR) is 110 cm³/mol. The molecule has 4 rings (SSSR count). The van der Waals surface area contributed by atoms with Crippen molar-refractivity contribution >= 4 is 29.3 Å². The summed E-state index contributed by atoms with van der Waals surface area (Å²) in [6, 6.07) is 10.9. The second kappa shape index (κ2) is 7.88. The molecule has 0 spiro atoms. The van der Waals surface area contributed by atoms with Crippen LogP contribution in [0.5, 0.6) is 5.75 Å². The van der Waals surface area contributed by atoms with E-state index in [0.29, 0.717) is 27.9 Å². The Kier molecular flexibility index (Phi) is 5.29. The highest BCUT2D eigenvalue weighted by Gasteiger charge is 2.41. The number of hydrogen-bond donors (Lipinski definition) is 0. The number of benzene rings is 1. The first-order chi connectivity index (χ1) is 14.0. The van der Waals surface area contributed by atoms with Crippen molar-refractivity contribution in [1.82, 2.24) is 4.98 Å². The lowest BCUT2D eigenvalue weighted by Gasteiger charge is -2.22. The van der Waals surface area contributed by atoms with Gasteiger partial charge in [0.05, 0.1) is 23.6 Å². The molecule has 2 heterocycles. The van der Waals surface area contributed by atoms with E-state index in [2.05, 4.69) is 13.0 Å². The molecule has 1 aromatic heterocycles. The highest BCUT2D eigenvalue weighted by molar-refractivity contribution is 8.00. The second-order valence-corrected chi connectivity index (χ2v) is 8.67. The molecule has 2 aromatic rings. The van der Waals surface area contributed by atoms with Gasteiger partial charge in [0.2, 0.25) is 11.8 Å². The largest absolute Gasteiger partial charge is 0.497 e. The maximum absolute atomic E-state index is 12.9. The number of methoxy groups -OCH3 is 1. The Hall–Kier alpha value is -2.85. The van der Waals surface area contributed by atoms with Crippen molar-refractivity contribution in [3.8, 4) is 11.8 Å². The van der Waals surface area contributed by atoms with E-state index in [0.717, 1.165) is 30.5 Å². The fraction of sp³-hybridized carbons (Fsp3) is 0.364. The van der Waals surface area contributed by atoms with Crippen LogP contribution in [0.4, 0.5) is 5.69 Å². The highest BCUT2D eigenvalue weighted by atomic mass is 32.2. The Bertz CT molecular complexity index is 1010.